The van der Waals surface area contributed by atoms with E-state index >= 15 is 0 Å². The molecule has 0 saturated heterocycles. The van der Waals surface area contributed by atoms with E-state index in [0.717, 1.165) is 5.69 Å². The van der Waals surface area contributed by atoms with Gasteiger partial charge in [-0.15, -0.1) is 0 Å². The molecular weight excluding hydrogens is 372 g/mol. The molecule has 8 heteroatoms. The van der Waals surface area contributed by atoms with Gasteiger partial charge in [-0.1, -0.05) is 12.1 Å². The molecular formula is C21H28N4O4. The molecule has 0 spiro atoms. The van der Waals surface area contributed by atoms with Crippen molar-refractivity contribution in [2.24, 2.45) is 4.99 Å². The number of guanidine groups is 1. The van der Waals surface area contributed by atoms with Gasteiger partial charge in [-0.25, -0.2) is 0 Å². The van der Waals surface area contributed by atoms with Crippen LogP contribution in [0, 0.1) is 0 Å². The van der Waals surface area contributed by atoms with Crippen molar-refractivity contribution in [1.29, 1.82) is 0 Å². The minimum Gasteiger partial charge on any atom is -0.507 e. The lowest BCUT2D eigenvalue weighted by molar-refractivity contribution is 0.0952. The van der Waals surface area contributed by atoms with E-state index in [1.807, 2.05) is 32.0 Å². The van der Waals surface area contributed by atoms with Crippen LogP contribution in [0.1, 0.15) is 24.2 Å². The van der Waals surface area contributed by atoms with E-state index in [-0.39, 0.29) is 17.2 Å². The van der Waals surface area contributed by atoms with E-state index in [2.05, 4.69) is 20.9 Å². The number of hydrogen-bond donors (Lipinski definition) is 4. The zero-order chi connectivity index (χ0) is 21.1. The largest absolute Gasteiger partial charge is 0.507 e. The van der Waals surface area contributed by atoms with Crippen molar-refractivity contribution < 1.29 is 19.4 Å². The summed E-state index contributed by atoms with van der Waals surface area (Å²) in [5.74, 6) is 1.50. The van der Waals surface area contributed by atoms with Crippen LogP contribution in [0.25, 0.3) is 0 Å². The number of para-hydroxylation sites is 1. The summed E-state index contributed by atoms with van der Waals surface area (Å²) >= 11 is 0. The number of ether oxygens (including phenoxy) is 2. The molecule has 0 radical (unpaired) electrons. The van der Waals surface area contributed by atoms with Crippen LogP contribution in [0.15, 0.2) is 47.5 Å². The van der Waals surface area contributed by atoms with Gasteiger partial charge in [0.15, 0.2) is 17.5 Å². The predicted molar refractivity (Wildman–Crippen MR) is 114 cm³/mol. The highest BCUT2D eigenvalue weighted by atomic mass is 16.5. The highest BCUT2D eigenvalue weighted by molar-refractivity contribution is 5.97. The summed E-state index contributed by atoms with van der Waals surface area (Å²) in [6.45, 7) is 5.79. The Bertz CT molecular complexity index is 839. The number of carbonyl (C=O) groups is 1. The summed E-state index contributed by atoms with van der Waals surface area (Å²) in [5.41, 5.74) is 1.04. The molecule has 1 amide bonds. The number of phenols is 1. The van der Waals surface area contributed by atoms with E-state index in [9.17, 15) is 9.90 Å². The smallest absolute Gasteiger partial charge is 0.255 e. The Balaban J connectivity index is 1.96. The van der Waals surface area contributed by atoms with Crippen molar-refractivity contribution in [2.75, 3.05) is 38.7 Å². The molecule has 0 aliphatic heterocycles. The second-order valence-corrected chi connectivity index (χ2v) is 5.96. The number of methoxy groups -OCH3 is 1. The number of aromatic hydroxyl groups is 1. The van der Waals surface area contributed by atoms with Crippen molar-refractivity contribution >= 4 is 17.6 Å². The molecule has 156 valence electrons. The Labute approximate surface area is 171 Å². The van der Waals surface area contributed by atoms with Crippen molar-refractivity contribution in [3.8, 4) is 17.2 Å². The Hall–Kier alpha value is -3.42. The molecule has 29 heavy (non-hydrogen) atoms. The summed E-state index contributed by atoms with van der Waals surface area (Å²) in [6, 6.07) is 11.9. The zero-order valence-electron chi connectivity index (χ0n) is 17.0. The lowest BCUT2D eigenvalue weighted by atomic mass is 10.2. The minimum atomic E-state index is -0.340. The number of nitrogens with one attached hydrogen (secondary N) is 3. The van der Waals surface area contributed by atoms with E-state index in [0.29, 0.717) is 43.7 Å². The maximum absolute atomic E-state index is 12.1. The molecule has 0 atom stereocenters. The van der Waals surface area contributed by atoms with Crippen LogP contribution in [-0.4, -0.2) is 50.3 Å². The number of nitrogens with zero attached hydrogens (tertiary/aromatic N) is 1. The second-order valence-electron chi connectivity index (χ2n) is 5.96. The highest BCUT2D eigenvalue weighted by Gasteiger charge is 2.09. The van der Waals surface area contributed by atoms with Crippen LogP contribution in [0.5, 0.6) is 17.2 Å². The lowest BCUT2D eigenvalue weighted by Crippen LogP contribution is -2.32. The average molecular weight is 400 g/mol. The maximum Gasteiger partial charge on any atom is 0.255 e. The van der Waals surface area contributed by atoms with Crippen LogP contribution in [0.2, 0.25) is 0 Å². The summed E-state index contributed by atoms with van der Waals surface area (Å²) in [4.78, 5) is 16.6. The van der Waals surface area contributed by atoms with Gasteiger partial charge < -0.3 is 30.5 Å². The molecule has 0 unspecified atom stereocenters. The molecule has 0 heterocycles. The molecule has 0 aliphatic rings. The van der Waals surface area contributed by atoms with Crippen LogP contribution in [0.4, 0.5) is 5.69 Å². The van der Waals surface area contributed by atoms with Gasteiger partial charge in [0.2, 0.25) is 0 Å². The molecule has 2 aromatic rings. The number of hydrogen-bond acceptors (Lipinski definition) is 5. The molecule has 0 aliphatic carbocycles. The standard InChI is InChI=1S/C21H28N4O4/c1-4-22-21(25-15-10-11-18(28-3)19(14-15)29-5-2)24-13-12-23-20(27)16-8-6-7-9-17(16)26/h6-11,14,26H,4-5,12-13H2,1-3H3,(H,23,27)(H2,22,24,25). The van der Waals surface area contributed by atoms with Crippen LogP contribution in [0.3, 0.4) is 0 Å². The first-order valence-electron chi connectivity index (χ1n) is 9.51. The van der Waals surface area contributed by atoms with Gasteiger partial charge in [0, 0.05) is 24.8 Å². The quantitative estimate of drug-likeness (QED) is 0.293. The Morgan fingerprint density at radius 1 is 1.10 bits per heavy atom. The first kappa shape index (κ1) is 21.9. The topological polar surface area (TPSA) is 104 Å². The Kier molecular flexibility index (Phi) is 8.62. The molecule has 2 rings (SSSR count). The fraction of sp³-hybridized carbons (Fsp3) is 0.333. The number of benzene rings is 2. The van der Waals surface area contributed by atoms with E-state index < -0.39 is 0 Å². The molecule has 0 aromatic heterocycles. The van der Waals surface area contributed by atoms with E-state index in [1.165, 1.54) is 6.07 Å². The maximum atomic E-state index is 12.1. The number of amides is 1. The average Bonchev–Trinajstić information content (AvgIpc) is 2.72. The first-order valence-corrected chi connectivity index (χ1v) is 9.51. The minimum absolute atomic E-state index is 0.0480. The Morgan fingerprint density at radius 3 is 2.59 bits per heavy atom. The van der Waals surface area contributed by atoms with E-state index in [1.54, 1.807) is 25.3 Å². The van der Waals surface area contributed by atoms with Gasteiger partial charge in [-0.2, -0.15) is 0 Å². The van der Waals surface area contributed by atoms with Crippen LogP contribution >= 0.6 is 0 Å². The monoisotopic (exact) mass is 400 g/mol. The molecule has 0 bridgehead atoms. The number of phenolic OH excluding ortho intramolecular Hbond substituents is 1. The van der Waals surface area contributed by atoms with Crippen LogP contribution < -0.4 is 25.4 Å². The highest BCUT2D eigenvalue weighted by Crippen LogP contribution is 2.30. The zero-order valence-corrected chi connectivity index (χ0v) is 17.0. The van der Waals surface area contributed by atoms with Crippen LogP contribution in [-0.2, 0) is 0 Å². The number of rotatable bonds is 9. The summed E-state index contributed by atoms with van der Waals surface area (Å²) in [6.07, 6.45) is 0. The van der Waals surface area contributed by atoms with Gasteiger partial charge in [-0.3, -0.25) is 9.79 Å². The van der Waals surface area contributed by atoms with Gasteiger partial charge in [0.25, 0.3) is 5.91 Å². The van der Waals surface area contributed by atoms with Crippen molar-refractivity contribution in [3.05, 3.63) is 48.0 Å². The number of aliphatic imine (C=N–C) groups is 1. The third kappa shape index (κ3) is 6.60. The normalized spacial score (nSPS) is 10.9. The van der Waals surface area contributed by atoms with Crippen molar-refractivity contribution in [1.82, 2.24) is 10.6 Å². The van der Waals surface area contributed by atoms with Gasteiger partial charge in [0.05, 0.1) is 25.8 Å². The van der Waals surface area contributed by atoms with Gasteiger partial charge in [-0.05, 0) is 38.1 Å². The van der Waals surface area contributed by atoms with Gasteiger partial charge in [0.1, 0.15) is 5.75 Å². The fourth-order valence-electron chi connectivity index (χ4n) is 2.56. The number of anilines is 1. The number of carbonyl (C=O) groups excluding carboxylic acids is 1. The SMILES string of the molecule is CCNC(=NCCNC(=O)c1ccccc1O)Nc1ccc(OC)c(OCC)c1. The summed E-state index contributed by atoms with van der Waals surface area (Å²) < 4.78 is 10.9. The summed E-state index contributed by atoms with van der Waals surface area (Å²) in [7, 11) is 1.60. The predicted octanol–water partition coefficient (Wildman–Crippen LogP) is 2.61. The van der Waals surface area contributed by atoms with E-state index in [4.69, 9.17) is 9.47 Å². The first-order chi connectivity index (χ1) is 14.1. The molecule has 0 fully saturated rings. The van der Waals surface area contributed by atoms with Gasteiger partial charge >= 0.3 is 0 Å². The third-order valence-corrected chi connectivity index (χ3v) is 3.89. The second kappa shape index (κ2) is 11.4. The fourth-order valence-corrected chi connectivity index (χ4v) is 2.56. The molecule has 0 saturated carbocycles. The summed E-state index contributed by atoms with van der Waals surface area (Å²) in [5, 5.41) is 18.8. The molecule has 4 N–H and O–H groups in total. The van der Waals surface area contributed by atoms with Crippen molar-refractivity contribution in [2.45, 2.75) is 13.8 Å². The Morgan fingerprint density at radius 2 is 1.90 bits per heavy atom. The molecule has 8 nitrogen and oxygen atoms in total. The van der Waals surface area contributed by atoms with Crippen molar-refractivity contribution in [3.63, 3.8) is 0 Å². The third-order valence-electron chi connectivity index (χ3n) is 3.89. The molecule has 2 aromatic carbocycles. The lowest BCUT2D eigenvalue weighted by Gasteiger charge is -2.14.